The second-order valence-electron chi connectivity index (χ2n) is 2.44. The van der Waals surface area contributed by atoms with Crippen molar-refractivity contribution in [2.75, 3.05) is 0 Å². The third-order valence-corrected chi connectivity index (χ3v) is 2.40. The Bertz CT molecular complexity index is 435. The Balaban J connectivity index is 2.79. The van der Waals surface area contributed by atoms with Gasteiger partial charge in [-0.1, -0.05) is 24.3 Å². The molecule has 0 amide bonds. The molecule has 1 atom stereocenters. The van der Waals surface area contributed by atoms with Crippen LogP contribution in [0.4, 0.5) is 0 Å². The minimum atomic E-state index is -2.18. The SMILES string of the molecule is O=S([O-])c1[nH]cc2ccccc12. The van der Waals surface area contributed by atoms with Gasteiger partial charge in [0.05, 0.1) is 5.03 Å². The van der Waals surface area contributed by atoms with Crippen LogP contribution in [0, 0.1) is 0 Å². The van der Waals surface area contributed by atoms with Crippen LogP contribution in [0.15, 0.2) is 35.5 Å². The zero-order valence-corrected chi connectivity index (χ0v) is 6.93. The van der Waals surface area contributed by atoms with Crippen molar-refractivity contribution in [1.82, 2.24) is 4.98 Å². The standard InChI is InChI=1S/C8H7NO2S/c10-12(11)8-7-4-2-1-3-6(7)5-9-8/h1-5,9H,(H,10,11)/p-1. The van der Waals surface area contributed by atoms with E-state index in [9.17, 15) is 8.76 Å². The molecule has 0 aliphatic carbocycles. The lowest BCUT2D eigenvalue weighted by Gasteiger charge is -2.01. The van der Waals surface area contributed by atoms with E-state index in [2.05, 4.69) is 4.98 Å². The molecule has 1 aromatic carbocycles. The van der Waals surface area contributed by atoms with Gasteiger partial charge in [-0.2, -0.15) is 0 Å². The zero-order chi connectivity index (χ0) is 8.55. The van der Waals surface area contributed by atoms with E-state index in [1.54, 1.807) is 12.3 Å². The first-order valence-electron chi connectivity index (χ1n) is 3.44. The van der Waals surface area contributed by atoms with Crippen molar-refractivity contribution in [2.45, 2.75) is 5.03 Å². The molecule has 4 heteroatoms. The van der Waals surface area contributed by atoms with E-state index in [0.29, 0.717) is 0 Å². The van der Waals surface area contributed by atoms with Gasteiger partial charge in [-0.15, -0.1) is 0 Å². The maximum absolute atomic E-state index is 10.6. The second kappa shape index (κ2) is 2.73. The molecule has 0 saturated carbocycles. The lowest BCUT2D eigenvalue weighted by atomic mass is 10.2. The van der Waals surface area contributed by atoms with Gasteiger partial charge < -0.3 is 9.54 Å². The van der Waals surface area contributed by atoms with E-state index in [-0.39, 0.29) is 5.03 Å². The first-order valence-corrected chi connectivity index (χ1v) is 4.52. The minimum absolute atomic E-state index is 0.255. The van der Waals surface area contributed by atoms with Gasteiger partial charge in [0.1, 0.15) is 0 Å². The van der Waals surface area contributed by atoms with Gasteiger partial charge in [-0.3, -0.25) is 4.21 Å². The summed E-state index contributed by atoms with van der Waals surface area (Å²) in [6, 6.07) is 7.32. The first-order chi connectivity index (χ1) is 5.79. The van der Waals surface area contributed by atoms with Crippen LogP contribution in [-0.2, 0) is 11.1 Å². The Morgan fingerprint density at radius 3 is 2.83 bits per heavy atom. The fourth-order valence-electron chi connectivity index (χ4n) is 1.19. The van der Waals surface area contributed by atoms with Crippen molar-refractivity contribution in [2.24, 2.45) is 0 Å². The smallest absolute Gasteiger partial charge is 0.0974 e. The van der Waals surface area contributed by atoms with Crippen molar-refractivity contribution in [3.8, 4) is 0 Å². The third kappa shape index (κ3) is 1.05. The summed E-state index contributed by atoms with van der Waals surface area (Å²) >= 11 is -2.18. The Labute approximate surface area is 71.7 Å². The molecule has 0 aliphatic rings. The molecule has 0 aliphatic heterocycles. The summed E-state index contributed by atoms with van der Waals surface area (Å²) < 4.78 is 21.3. The molecule has 0 radical (unpaired) electrons. The summed E-state index contributed by atoms with van der Waals surface area (Å²) in [6.45, 7) is 0. The number of rotatable bonds is 1. The average Bonchev–Trinajstić information content (AvgIpc) is 2.47. The normalized spacial score (nSPS) is 13.4. The topological polar surface area (TPSA) is 55.9 Å². The predicted octanol–water partition coefficient (Wildman–Crippen LogP) is 1.41. The highest BCUT2D eigenvalue weighted by molar-refractivity contribution is 7.79. The molecule has 3 nitrogen and oxygen atoms in total. The lowest BCUT2D eigenvalue weighted by molar-refractivity contribution is 0.535. The average molecular weight is 180 g/mol. The fourth-order valence-corrected chi connectivity index (χ4v) is 1.71. The third-order valence-electron chi connectivity index (χ3n) is 1.73. The molecule has 1 unspecified atom stereocenters. The van der Waals surface area contributed by atoms with Crippen LogP contribution in [0.3, 0.4) is 0 Å². The van der Waals surface area contributed by atoms with Gasteiger partial charge in [-0.05, 0) is 11.1 Å². The summed E-state index contributed by atoms with van der Waals surface area (Å²) in [5.41, 5.74) is 0. The minimum Gasteiger partial charge on any atom is -0.767 e. The molecule has 62 valence electrons. The van der Waals surface area contributed by atoms with Gasteiger partial charge in [0, 0.05) is 17.0 Å². The predicted molar refractivity (Wildman–Crippen MR) is 45.5 cm³/mol. The van der Waals surface area contributed by atoms with Crippen molar-refractivity contribution in [1.29, 1.82) is 0 Å². The molecule has 0 saturated heterocycles. The van der Waals surface area contributed by atoms with Crippen LogP contribution in [-0.4, -0.2) is 13.7 Å². The number of nitrogens with one attached hydrogen (secondary N) is 1. The van der Waals surface area contributed by atoms with Gasteiger partial charge in [0.15, 0.2) is 0 Å². The highest BCUT2D eigenvalue weighted by Crippen LogP contribution is 2.19. The molecule has 2 aromatic rings. The summed E-state index contributed by atoms with van der Waals surface area (Å²) in [7, 11) is 0. The summed E-state index contributed by atoms with van der Waals surface area (Å²) in [5.74, 6) is 0. The van der Waals surface area contributed by atoms with Crippen molar-refractivity contribution >= 4 is 21.9 Å². The number of H-pyrrole nitrogens is 1. The van der Waals surface area contributed by atoms with Crippen molar-refractivity contribution < 1.29 is 8.76 Å². The molecular weight excluding hydrogens is 174 g/mol. The Kier molecular flexibility index (Phi) is 1.71. The molecule has 0 fully saturated rings. The van der Waals surface area contributed by atoms with Crippen LogP contribution in [0.1, 0.15) is 0 Å². The highest BCUT2D eigenvalue weighted by atomic mass is 32.2. The Morgan fingerprint density at radius 1 is 1.33 bits per heavy atom. The van der Waals surface area contributed by atoms with Crippen molar-refractivity contribution in [3.63, 3.8) is 0 Å². The summed E-state index contributed by atoms with van der Waals surface area (Å²) in [6.07, 6.45) is 1.68. The van der Waals surface area contributed by atoms with Gasteiger partial charge in [0.25, 0.3) is 0 Å². The number of aromatic amines is 1. The van der Waals surface area contributed by atoms with Crippen molar-refractivity contribution in [3.05, 3.63) is 30.5 Å². The molecule has 0 bridgehead atoms. The number of hydrogen-bond donors (Lipinski definition) is 1. The fraction of sp³-hybridized carbons (Fsp3) is 0. The Hall–Kier alpha value is -1.13. The van der Waals surface area contributed by atoms with Gasteiger partial charge in [0.2, 0.25) is 0 Å². The van der Waals surface area contributed by atoms with Crippen LogP contribution in [0.25, 0.3) is 10.8 Å². The first kappa shape index (κ1) is 7.52. The number of fused-ring (bicyclic) bond motifs is 1. The Morgan fingerprint density at radius 2 is 2.08 bits per heavy atom. The van der Waals surface area contributed by atoms with Crippen LogP contribution in [0.2, 0.25) is 0 Å². The lowest BCUT2D eigenvalue weighted by Crippen LogP contribution is -1.88. The van der Waals surface area contributed by atoms with E-state index < -0.39 is 11.1 Å². The number of hydrogen-bond acceptors (Lipinski definition) is 2. The number of aromatic nitrogens is 1. The molecule has 0 spiro atoms. The molecule has 1 heterocycles. The monoisotopic (exact) mass is 180 g/mol. The summed E-state index contributed by atoms with van der Waals surface area (Å²) in [4.78, 5) is 2.70. The summed E-state index contributed by atoms with van der Waals surface area (Å²) in [5, 5.41) is 1.91. The maximum atomic E-state index is 10.6. The van der Waals surface area contributed by atoms with E-state index in [1.165, 1.54) is 0 Å². The zero-order valence-electron chi connectivity index (χ0n) is 6.11. The largest absolute Gasteiger partial charge is 0.767 e. The molecule has 1 N–H and O–H groups in total. The van der Waals surface area contributed by atoms with Gasteiger partial charge in [-0.25, -0.2) is 0 Å². The number of benzene rings is 1. The second-order valence-corrected chi connectivity index (χ2v) is 3.32. The molecule has 1 aromatic heterocycles. The van der Waals surface area contributed by atoms with E-state index in [4.69, 9.17) is 0 Å². The van der Waals surface area contributed by atoms with Crippen LogP contribution >= 0.6 is 0 Å². The van der Waals surface area contributed by atoms with E-state index >= 15 is 0 Å². The molecule has 2 rings (SSSR count). The van der Waals surface area contributed by atoms with Crippen LogP contribution in [0.5, 0.6) is 0 Å². The van der Waals surface area contributed by atoms with Crippen LogP contribution < -0.4 is 0 Å². The molecule has 12 heavy (non-hydrogen) atoms. The quantitative estimate of drug-likeness (QED) is 0.674. The molecular formula is C8H6NO2S-. The highest BCUT2D eigenvalue weighted by Gasteiger charge is 2.01. The van der Waals surface area contributed by atoms with Gasteiger partial charge >= 0.3 is 0 Å². The van der Waals surface area contributed by atoms with E-state index in [0.717, 1.165) is 10.8 Å². The van der Waals surface area contributed by atoms with E-state index in [1.807, 2.05) is 18.2 Å². The maximum Gasteiger partial charge on any atom is 0.0974 e.